The van der Waals surface area contributed by atoms with Crippen molar-refractivity contribution in [2.75, 3.05) is 0 Å². The molecule has 2 nitrogen and oxygen atoms in total. The number of hydrogen-bond donors (Lipinski definition) is 2. The van der Waals surface area contributed by atoms with E-state index in [1.54, 1.807) is 0 Å². The first-order chi connectivity index (χ1) is 12.2. The van der Waals surface area contributed by atoms with Gasteiger partial charge in [-0.05, 0) is 57.8 Å². The zero-order valence-corrected chi connectivity index (χ0v) is 16.2. The molecule has 0 saturated carbocycles. The van der Waals surface area contributed by atoms with E-state index in [-0.39, 0.29) is 22.7 Å². The maximum atomic E-state index is 11.1. The van der Waals surface area contributed by atoms with Crippen molar-refractivity contribution < 1.29 is 10.2 Å². The van der Waals surface area contributed by atoms with Gasteiger partial charge in [-0.1, -0.05) is 76.2 Å². The third-order valence-corrected chi connectivity index (χ3v) is 7.90. The molecule has 2 aliphatic rings. The molecule has 0 fully saturated rings. The Morgan fingerprint density at radius 1 is 0.654 bits per heavy atom. The van der Waals surface area contributed by atoms with Crippen LogP contribution < -0.4 is 0 Å². The molecule has 0 radical (unpaired) electrons. The van der Waals surface area contributed by atoms with Gasteiger partial charge in [0.1, 0.15) is 0 Å². The number of aliphatic hydroxyl groups excluding tert-OH is 2. The highest BCUT2D eigenvalue weighted by molar-refractivity contribution is 5.37. The normalized spacial score (nSPS) is 28.1. The Balaban J connectivity index is 1.66. The van der Waals surface area contributed by atoms with Crippen LogP contribution in [0.2, 0.25) is 0 Å². The van der Waals surface area contributed by atoms with Crippen LogP contribution >= 0.6 is 0 Å². The molecule has 2 N–H and O–H groups in total. The van der Waals surface area contributed by atoms with Gasteiger partial charge in [0.15, 0.2) is 0 Å². The van der Waals surface area contributed by atoms with Gasteiger partial charge in [0.2, 0.25) is 0 Å². The van der Waals surface area contributed by atoms with Crippen molar-refractivity contribution in [3.05, 3.63) is 70.8 Å². The minimum atomic E-state index is -0.429. The predicted octanol–water partition coefficient (Wildman–Crippen LogP) is 4.85. The molecule has 0 heterocycles. The second-order valence-corrected chi connectivity index (χ2v) is 9.35. The van der Waals surface area contributed by atoms with Gasteiger partial charge in [0.05, 0.1) is 12.2 Å². The van der Waals surface area contributed by atoms with Crippen LogP contribution in [0.4, 0.5) is 0 Å². The maximum absolute atomic E-state index is 11.1. The molecule has 2 aromatic carbocycles. The highest BCUT2D eigenvalue weighted by atomic mass is 16.3. The van der Waals surface area contributed by atoms with Crippen LogP contribution in [0.15, 0.2) is 48.5 Å². The van der Waals surface area contributed by atoms with E-state index in [1.165, 1.54) is 11.1 Å². The number of benzene rings is 2. The first kappa shape index (κ1) is 17.8. The standard InChI is InChI=1S/C24H30O2/c1-23(2,19-13-15-9-5-7-11-17(15)21(19)25)24(3,4)20-14-16-10-6-8-12-18(16)22(20)26/h5-12,19-22,25-26H,13-14H2,1-4H3. The van der Waals surface area contributed by atoms with Crippen LogP contribution in [0, 0.1) is 22.7 Å². The van der Waals surface area contributed by atoms with Gasteiger partial charge in [-0.25, -0.2) is 0 Å². The van der Waals surface area contributed by atoms with Gasteiger partial charge >= 0.3 is 0 Å². The lowest BCUT2D eigenvalue weighted by atomic mass is 9.54. The van der Waals surface area contributed by atoms with Gasteiger partial charge < -0.3 is 10.2 Å². The summed E-state index contributed by atoms with van der Waals surface area (Å²) in [7, 11) is 0. The summed E-state index contributed by atoms with van der Waals surface area (Å²) in [5.41, 5.74) is 4.44. The van der Waals surface area contributed by atoms with Gasteiger partial charge in [-0.15, -0.1) is 0 Å². The van der Waals surface area contributed by atoms with Crippen molar-refractivity contribution in [3.63, 3.8) is 0 Å². The van der Waals surface area contributed by atoms with Gasteiger partial charge in [-0.2, -0.15) is 0 Å². The first-order valence-corrected chi connectivity index (χ1v) is 9.77. The molecule has 2 heteroatoms. The monoisotopic (exact) mass is 350 g/mol. The lowest BCUT2D eigenvalue weighted by Crippen LogP contribution is -2.46. The Kier molecular flexibility index (Phi) is 4.05. The molecule has 0 bridgehead atoms. The van der Waals surface area contributed by atoms with Crippen LogP contribution in [-0.2, 0) is 12.8 Å². The van der Waals surface area contributed by atoms with E-state index < -0.39 is 12.2 Å². The molecule has 4 rings (SSSR count). The Labute approximate surface area is 156 Å². The van der Waals surface area contributed by atoms with Crippen LogP contribution in [0.1, 0.15) is 62.2 Å². The van der Waals surface area contributed by atoms with Crippen LogP contribution in [0.3, 0.4) is 0 Å². The van der Waals surface area contributed by atoms with Crippen molar-refractivity contribution in [3.8, 4) is 0 Å². The molecule has 4 unspecified atom stereocenters. The summed E-state index contributed by atoms with van der Waals surface area (Å²) in [5, 5.41) is 22.1. The second-order valence-electron chi connectivity index (χ2n) is 9.35. The fourth-order valence-electron chi connectivity index (χ4n) is 5.40. The lowest BCUT2D eigenvalue weighted by molar-refractivity contribution is -0.0864. The molecule has 4 atom stereocenters. The molecule has 2 aromatic rings. The average Bonchev–Trinajstić information content (AvgIpc) is 3.14. The van der Waals surface area contributed by atoms with E-state index >= 15 is 0 Å². The van der Waals surface area contributed by atoms with Crippen LogP contribution in [0.25, 0.3) is 0 Å². The van der Waals surface area contributed by atoms with Gasteiger partial charge in [0, 0.05) is 0 Å². The van der Waals surface area contributed by atoms with E-state index in [1.807, 2.05) is 12.1 Å². The zero-order chi connectivity index (χ0) is 18.7. The number of fused-ring (bicyclic) bond motifs is 2. The summed E-state index contributed by atoms with van der Waals surface area (Å²) >= 11 is 0. The van der Waals surface area contributed by atoms with Crippen molar-refractivity contribution >= 4 is 0 Å². The Morgan fingerprint density at radius 2 is 1.00 bits per heavy atom. The Bertz CT molecular complexity index is 751. The van der Waals surface area contributed by atoms with Crippen LogP contribution in [0.5, 0.6) is 0 Å². The number of hydrogen-bond acceptors (Lipinski definition) is 2. The molecule has 26 heavy (non-hydrogen) atoms. The van der Waals surface area contributed by atoms with E-state index in [0.717, 1.165) is 24.0 Å². The summed E-state index contributed by atoms with van der Waals surface area (Å²) in [6, 6.07) is 16.5. The summed E-state index contributed by atoms with van der Waals surface area (Å²) < 4.78 is 0. The van der Waals surface area contributed by atoms with Gasteiger partial charge in [0.25, 0.3) is 0 Å². The number of aliphatic hydroxyl groups is 2. The quantitative estimate of drug-likeness (QED) is 0.831. The molecule has 0 amide bonds. The van der Waals surface area contributed by atoms with E-state index in [2.05, 4.69) is 64.1 Å². The second kappa shape index (κ2) is 5.94. The molecule has 2 aliphatic carbocycles. The van der Waals surface area contributed by atoms with E-state index in [9.17, 15) is 10.2 Å². The highest BCUT2D eigenvalue weighted by Crippen LogP contribution is 2.60. The minimum Gasteiger partial charge on any atom is -0.388 e. The van der Waals surface area contributed by atoms with Crippen LogP contribution in [-0.4, -0.2) is 10.2 Å². The van der Waals surface area contributed by atoms with E-state index in [0.29, 0.717) is 0 Å². The fourth-order valence-corrected chi connectivity index (χ4v) is 5.40. The molecule has 138 valence electrons. The Hall–Kier alpha value is -1.64. The smallest absolute Gasteiger partial charge is 0.0829 e. The summed E-state index contributed by atoms with van der Waals surface area (Å²) in [4.78, 5) is 0. The summed E-state index contributed by atoms with van der Waals surface area (Å²) in [6.07, 6.45) is 0.954. The van der Waals surface area contributed by atoms with Crippen molar-refractivity contribution in [2.24, 2.45) is 22.7 Å². The van der Waals surface area contributed by atoms with Gasteiger partial charge in [-0.3, -0.25) is 0 Å². The largest absolute Gasteiger partial charge is 0.388 e. The topological polar surface area (TPSA) is 40.5 Å². The van der Waals surface area contributed by atoms with Crippen molar-refractivity contribution in [1.82, 2.24) is 0 Å². The Morgan fingerprint density at radius 3 is 1.35 bits per heavy atom. The molecule has 0 aliphatic heterocycles. The summed E-state index contributed by atoms with van der Waals surface area (Å²) in [6.45, 7) is 9.12. The lowest BCUT2D eigenvalue weighted by Gasteiger charge is -2.51. The van der Waals surface area contributed by atoms with Crippen molar-refractivity contribution in [2.45, 2.75) is 52.7 Å². The molecule has 0 spiro atoms. The molecular formula is C24H30O2. The number of rotatable bonds is 3. The zero-order valence-electron chi connectivity index (χ0n) is 16.2. The minimum absolute atomic E-state index is 0.126. The first-order valence-electron chi connectivity index (χ1n) is 9.77. The molecule has 0 aromatic heterocycles. The molecule has 0 saturated heterocycles. The average molecular weight is 351 g/mol. The van der Waals surface area contributed by atoms with Crippen molar-refractivity contribution in [1.29, 1.82) is 0 Å². The fraction of sp³-hybridized carbons (Fsp3) is 0.500. The maximum Gasteiger partial charge on any atom is 0.0829 e. The third kappa shape index (κ3) is 2.39. The predicted molar refractivity (Wildman–Crippen MR) is 105 cm³/mol. The van der Waals surface area contributed by atoms with E-state index in [4.69, 9.17) is 0 Å². The third-order valence-electron chi connectivity index (χ3n) is 7.90. The molecular weight excluding hydrogens is 320 g/mol. The highest BCUT2D eigenvalue weighted by Gasteiger charge is 2.54. The SMILES string of the molecule is CC(C)(C1Cc2ccccc2C1O)C(C)(C)C1Cc2ccccc2C1O. The summed E-state index contributed by atoms with van der Waals surface area (Å²) in [5.74, 6) is 0.316.